The lowest BCUT2D eigenvalue weighted by molar-refractivity contribution is 0.459. The molecule has 0 aliphatic carbocycles. The van der Waals surface area contributed by atoms with Crippen molar-refractivity contribution in [2.45, 2.75) is 19.9 Å². The van der Waals surface area contributed by atoms with Gasteiger partial charge in [0.2, 0.25) is 0 Å². The Hall–Kier alpha value is -1.77. The average molecular weight is 300 g/mol. The highest BCUT2D eigenvalue weighted by atomic mass is 35.5. The van der Waals surface area contributed by atoms with Gasteiger partial charge in [-0.3, -0.25) is 0 Å². The predicted octanol–water partition coefficient (Wildman–Crippen LogP) is 5.42. The Morgan fingerprint density at radius 1 is 1.10 bits per heavy atom. The Morgan fingerprint density at radius 2 is 1.86 bits per heavy atom. The number of fused-ring (bicyclic) bond motifs is 1. The Labute approximate surface area is 129 Å². The van der Waals surface area contributed by atoms with Gasteiger partial charge in [-0.2, -0.15) is 0 Å². The molecule has 0 spiro atoms. The van der Waals surface area contributed by atoms with Gasteiger partial charge in [-0.15, -0.1) is 0 Å². The molecule has 1 unspecified atom stereocenters. The van der Waals surface area contributed by atoms with Crippen LogP contribution >= 0.6 is 11.6 Å². The smallest absolute Gasteiger partial charge is 0.152 e. The van der Waals surface area contributed by atoms with Crippen molar-refractivity contribution in [1.29, 1.82) is 0 Å². The van der Waals surface area contributed by atoms with Crippen LogP contribution in [0.1, 0.15) is 25.6 Å². The van der Waals surface area contributed by atoms with E-state index in [2.05, 4.69) is 43.4 Å². The van der Waals surface area contributed by atoms with E-state index in [0.717, 1.165) is 34.4 Å². The maximum Gasteiger partial charge on any atom is 0.152 e. The van der Waals surface area contributed by atoms with Gasteiger partial charge in [0.25, 0.3) is 0 Å². The number of nitrogens with one attached hydrogen (secondary N) is 1. The lowest BCUT2D eigenvalue weighted by atomic mass is 10.0. The van der Waals surface area contributed by atoms with Gasteiger partial charge in [0.05, 0.1) is 11.1 Å². The molecule has 3 heteroatoms. The number of hydrogen-bond acceptors (Lipinski definition) is 2. The first kappa shape index (κ1) is 14.2. The molecule has 0 radical (unpaired) electrons. The molecular formula is C18H18ClNO. The van der Waals surface area contributed by atoms with Crippen LogP contribution in [0.4, 0.5) is 0 Å². The van der Waals surface area contributed by atoms with E-state index in [9.17, 15) is 0 Å². The van der Waals surface area contributed by atoms with Crippen LogP contribution in [-0.4, -0.2) is 6.54 Å². The van der Waals surface area contributed by atoms with Gasteiger partial charge in [-0.25, -0.2) is 0 Å². The van der Waals surface area contributed by atoms with Gasteiger partial charge in [-0.05, 0) is 42.8 Å². The first-order valence-corrected chi connectivity index (χ1v) is 7.58. The van der Waals surface area contributed by atoms with Crippen molar-refractivity contribution >= 4 is 22.6 Å². The number of halogens is 1. The first-order chi connectivity index (χ1) is 10.2. The van der Waals surface area contributed by atoms with Crippen molar-refractivity contribution in [2.75, 3.05) is 6.54 Å². The molecule has 0 aliphatic heterocycles. The molecule has 0 fully saturated rings. The number of hydrogen-bond donors (Lipinski definition) is 1. The Balaban J connectivity index is 2.07. The minimum atomic E-state index is 0.179. The van der Waals surface area contributed by atoms with Crippen LogP contribution in [-0.2, 0) is 0 Å². The van der Waals surface area contributed by atoms with Crippen LogP contribution in [0.5, 0.6) is 0 Å². The largest absolute Gasteiger partial charge is 0.458 e. The highest BCUT2D eigenvalue weighted by Crippen LogP contribution is 2.34. The van der Waals surface area contributed by atoms with E-state index < -0.39 is 0 Å². The molecule has 3 aromatic rings. The van der Waals surface area contributed by atoms with Crippen molar-refractivity contribution in [3.05, 3.63) is 59.3 Å². The molecule has 108 valence electrons. The van der Waals surface area contributed by atoms with Gasteiger partial charge in [0.15, 0.2) is 5.58 Å². The van der Waals surface area contributed by atoms with E-state index in [4.69, 9.17) is 16.0 Å². The fraction of sp³-hybridized carbons (Fsp3) is 0.222. The van der Waals surface area contributed by atoms with Crippen LogP contribution in [0.2, 0.25) is 5.02 Å². The van der Waals surface area contributed by atoms with Gasteiger partial charge in [0.1, 0.15) is 5.76 Å². The zero-order valence-electron chi connectivity index (χ0n) is 12.2. The molecule has 1 aromatic heterocycles. The summed E-state index contributed by atoms with van der Waals surface area (Å²) >= 11 is 6.39. The highest BCUT2D eigenvalue weighted by molar-refractivity contribution is 6.35. The lowest BCUT2D eigenvalue weighted by Crippen LogP contribution is -2.16. The van der Waals surface area contributed by atoms with E-state index in [-0.39, 0.29) is 6.04 Å². The van der Waals surface area contributed by atoms with Crippen LogP contribution in [0.15, 0.2) is 52.9 Å². The number of furan rings is 1. The summed E-state index contributed by atoms with van der Waals surface area (Å²) in [7, 11) is 0. The molecule has 1 N–H and O–H groups in total. The third-order valence-corrected chi connectivity index (χ3v) is 3.91. The Kier molecular flexibility index (Phi) is 4.00. The molecule has 2 aromatic carbocycles. The van der Waals surface area contributed by atoms with E-state index >= 15 is 0 Å². The molecule has 0 aliphatic rings. The van der Waals surface area contributed by atoms with Crippen molar-refractivity contribution < 1.29 is 4.42 Å². The summed E-state index contributed by atoms with van der Waals surface area (Å²) in [6.07, 6.45) is 0. The third-order valence-electron chi connectivity index (χ3n) is 3.63. The predicted molar refractivity (Wildman–Crippen MR) is 88.8 cm³/mol. The van der Waals surface area contributed by atoms with Crippen molar-refractivity contribution in [3.8, 4) is 11.1 Å². The van der Waals surface area contributed by atoms with E-state index in [1.54, 1.807) is 0 Å². The molecule has 0 bridgehead atoms. The minimum Gasteiger partial charge on any atom is -0.458 e. The van der Waals surface area contributed by atoms with Gasteiger partial charge in [0, 0.05) is 5.39 Å². The molecule has 1 atom stereocenters. The molecular weight excluding hydrogens is 282 g/mol. The van der Waals surface area contributed by atoms with Gasteiger partial charge in [-0.1, -0.05) is 48.9 Å². The summed E-state index contributed by atoms with van der Waals surface area (Å²) in [6.45, 7) is 5.08. The maximum absolute atomic E-state index is 6.39. The zero-order valence-corrected chi connectivity index (χ0v) is 12.9. The summed E-state index contributed by atoms with van der Waals surface area (Å²) in [4.78, 5) is 0. The van der Waals surface area contributed by atoms with Crippen LogP contribution < -0.4 is 5.32 Å². The van der Waals surface area contributed by atoms with Crippen molar-refractivity contribution in [2.24, 2.45) is 0 Å². The molecule has 0 saturated heterocycles. The van der Waals surface area contributed by atoms with E-state index in [1.165, 1.54) is 0 Å². The minimum absolute atomic E-state index is 0.179. The standard InChI is InChI=1S/C18H18ClNO/c1-3-20-12(2)17-11-15-9-14(10-16(19)18(15)21-17)13-7-5-4-6-8-13/h4-12,20H,3H2,1-2H3. The second-order valence-electron chi connectivity index (χ2n) is 5.17. The Bertz CT molecular complexity index is 749. The van der Waals surface area contributed by atoms with Crippen LogP contribution in [0.25, 0.3) is 22.1 Å². The van der Waals surface area contributed by atoms with Crippen molar-refractivity contribution in [3.63, 3.8) is 0 Å². The number of rotatable bonds is 4. The molecule has 3 rings (SSSR count). The van der Waals surface area contributed by atoms with E-state index in [1.807, 2.05) is 24.3 Å². The summed E-state index contributed by atoms with van der Waals surface area (Å²) in [5.74, 6) is 0.916. The quantitative estimate of drug-likeness (QED) is 0.695. The van der Waals surface area contributed by atoms with Gasteiger partial charge < -0.3 is 9.73 Å². The van der Waals surface area contributed by atoms with Crippen LogP contribution in [0.3, 0.4) is 0 Å². The second-order valence-corrected chi connectivity index (χ2v) is 5.58. The summed E-state index contributed by atoms with van der Waals surface area (Å²) in [5, 5.41) is 5.05. The number of benzene rings is 2. The zero-order chi connectivity index (χ0) is 14.8. The first-order valence-electron chi connectivity index (χ1n) is 7.21. The SMILES string of the molecule is CCNC(C)c1cc2cc(-c3ccccc3)cc(Cl)c2o1. The second kappa shape index (κ2) is 5.92. The highest BCUT2D eigenvalue weighted by Gasteiger charge is 2.14. The van der Waals surface area contributed by atoms with Gasteiger partial charge >= 0.3 is 0 Å². The summed E-state index contributed by atoms with van der Waals surface area (Å²) in [6, 6.07) is 16.6. The van der Waals surface area contributed by atoms with E-state index in [0.29, 0.717) is 5.02 Å². The maximum atomic E-state index is 6.39. The van der Waals surface area contributed by atoms with Crippen molar-refractivity contribution in [1.82, 2.24) is 5.32 Å². The molecule has 2 nitrogen and oxygen atoms in total. The normalized spacial score (nSPS) is 12.7. The fourth-order valence-corrected chi connectivity index (χ4v) is 2.81. The fourth-order valence-electron chi connectivity index (χ4n) is 2.55. The molecule has 21 heavy (non-hydrogen) atoms. The topological polar surface area (TPSA) is 25.2 Å². The molecule has 0 saturated carbocycles. The lowest BCUT2D eigenvalue weighted by Gasteiger charge is -2.07. The summed E-state index contributed by atoms with van der Waals surface area (Å²) < 4.78 is 5.91. The molecule has 0 amide bonds. The van der Waals surface area contributed by atoms with Crippen LogP contribution in [0, 0.1) is 0 Å². The average Bonchev–Trinajstić information content (AvgIpc) is 2.93. The molecule has 1 heterocycles. The summed E-state index contributed by atoms with van der Waals surface area (Å²) in [5.41, 5.74) is 3.02. The monoisotopic (exact) mass is 299 g/mol. The third kappa shape index (κ3) is 2.82. The Morgan fingerprint density at radius 3 is 2.57 bits per heavy atom.